The number of rotatable bonds is 3. The normalized spacial score (nSPS) is 20.0. The van der Waals surface area contributed by atoms with E-state index < -0.39 is 0 Å². The van der Waals surface area contributed by atoms with E-state index in [1.807, 2.05) is 0 Å². The van der Waals surface area contributed by atoms with Crippen LogP contribution in [0.1, 0.15) is 33.7 Å². The van der Waals surface area contributed by atoms with E-state index in [-0.39, 0.29) is 12.1 Å². The Kier molecular flexibility index (Phi) is 3.66. The summed E-state index contributed by atoms with van der Waals surface area (Å²) >= 11 is 1.73. The lowest BCUT2D eigenvalue weighted by molar-refractivity contribution is 0.0154. The fraction of sp³-hybridized carbons (Fsp3) is 0.333. The van der Waals surface area contributed by atoms with Crippen LogP contribution in [0.3, 0.4) is 0 Å². The van der Waals surface area contributed by atoms with E-state index in [1.54, 1.807) is 11.3 Å². The molecule has 1 aliphatic rings. The molecule has 0 aliphatic carbocycles. The van der Waals surface area contributed by atoms with Crippen LogP contribution in [0.25, 0.3) is 0 Å². The van der Waals surface area contributed by atoms with Gasteiger partial charge in [-0.25, -0.2) is 5.43 Å². The minimum absolute atomic E-state index is 0.00713. The lowest BCUT2D eigenvalue weighted by Crippen LogP contribution is -2.35. The number of hydrogen-bond acceptors (Lipinski definition) is 4. The zero-order valence-electron chi connectivity index (χ0n) is 10.9. The maximum atomic E-state index is 6.00. The summed E-state index contributed by atoms with van der Waals surface area (Å²) in [6.07, 6.45) is 0.972. The Balaban J connectivity index is 2.00. The van der Waals surface area contributed by atoms with Crippen molar-refractivity contribution in [2.75, 3.05) is 6.61 Å². The van der Waals surface area contributed by atoms with Gasteiger partial charge < -0.3 is 4.74 Å². The van der Waals surface area contributed by atoms with Crippen LogP contribution in [0, 0.1) is 6.92 Å². The smallest absolute Gasteiger partial charge is 0.104 e. The molecule has 100 valence electrons. The highest BCUT2D eigenvalue weighted by molar-refractivity contribution is 7.10. The molecular formula is C15H18N2OS. The summed E-state index contributed by atoms with van der Waals surface area (Å²) in [6.45, 7) is 2.87. The average Bonchev–Trinajstić information content (AvgIpc) is 2.86. The number of nitrogens with one attached hydrogen (secondary N) is 1. The van der Waals surface area contributed by atoms with Crippen molar-refractivity contribution in [3.63, 3.8) is 0 Å². The zero-order chi connectivity index (χ0) is 13.2. The molecule has 1 aliphatic heterocycles. The molecule has 1 aromatic heterocycles. The maximum absolute atomic E-state index is 6.00. The first kappa shape index (κ1) is 12.8. The molecule has 4 heteroatoms. The highest BCUT2D eigenvalue weighted by Gasteiger charge is 2.30. The minimum Gasteiger partial charge on any atom is -0.371 e. The zero-order valence-corrected chi connectivity index (χ0v) is 11.7. The molecule has 0 amide bonds. The van der Waals surface area contributed by atoms with E-state index in [0.717, 1.165) is 13.0 Å². The third kappa shape index (κ3) is 2.32. The molecule has 2 unspecified atom stereocenters. The second-order valence-electron chi connectivity index (χ2n) is 4.85. The lowest BCUT2D eigenvalue weighted by atomic mass is 9.92. The van der Waals surface area contributed by atoms with Gasteiger partial charge in [-0.3, -0.25) is 5.84 Å². The lowest BCUT2D eigenvalue weighted by Gasteiger charge is -2.32. The molecule has 0 saturated carbocycles. The Morgan fingerprint density at radius 2 is 2.21 bits per heavy atom. The number of nitrogens with two attached hydrogens (primary N) is 1. The van der Waals surface area contributed by atoms with Gasteiger partial charge in [0.15, 0.2) is 0 Å². The van der Waals surface area contributed by atoms with Gasteiger partial charge in [0.25, 0.3) is 0 Å². The monoisotopic (exact) mass is 274 g/mol. The molecule has 19 heavy (non-hydrogen) atoms. The third-order valence-corrected chi connectivity index (χ3v) is 4.80. The Morgan fingerprint density at radius 1 is 1.37 bits per heavy atom. The average molecular weight is 274 g/mol. The van der Waals surface area contributed by atoms with Crippen molar-refractivity contribution in [3.8, 4) is 0 Å². The van der Waals surface area contributed by atoms with Gasteiger partial charge in [-0.2, -0.15) is 0 Å². The molecule has 0 saturated heterocycles. The minimum atomic E-state index is -0.00713. The molecule has 1 aromatic carbocycles. The topological polar surface area (TPSA) is 47.3 Å². The Hall–Kier alpha value is -1.20. The number of aryl methyl sites for hydroxylation is 1. The summed E-state index contributed by atoms with van der Waals surface area (Å²) in [5.74, 6) is 5.80. The molecule has 0 radical (unpaired) electrons. The van der Waals surface area contributed by atoms with Gasteiger partial charge in [-0.15, -0.1) is 11.3 Å². The highest BCUT2D eigenvalue weighted by atomic mass is 32.1. The fourth-order valence-electron chi connectivity index (χ4n) is 2.70. The Bertz CT molecular complexity index is 567. The van der Waals surface area contributed by atoms with Gasteiger partial charge in [0, 0.05) is 4.88 Å². The van der Waals surface area contributed by atoms with Crippen LogP contribution < -0.4 is 11.3 Å². The number of hydrazine groups is 1. The number of hydrogen-bond donors (Lipinski definition) is 2. The van der Waals surface area contributed by atoms with E-state index >= 15 is 0 Å². The molecule has 0 fully saturated rings. The highest BCUT2D eigenvalue weighted by Crippen LogP contribution is 2.39. The fourth-order valence-corrected chi connectivity index (χ4v) is 3.72. The van der Waals surface area contributed by atoms with Crippen LogP contribution in [0.4, 0.5) is 0 Å². The Labute approximate surface area is 117 Å². The van der Waals surface area contributed by atoms with Crippen molar-refractivity contribution in [2.45, 2.75) is 25.5 Å². The summed E-state index contributed by atoms with van der Waals surface area (Å²) in [5, 5.41) is 2.10. The summed E-state index contributed by atoms with van der Waals surface area (Å²) in [4.78, 5) is 1.25. The molecule has 3 N–H and O–H groups in total. The molecule has 0 bridgehead atoms. The van der Waals surface area contributed by atoms with Gasteiger partial charge in [0.1, 0.15) is 6.10 Å². The van der Waals surface area contributed by atoms with Gasteiger partial charge in [-0.05, 0) is 41.5 Å². The predicted molar refractivity (Wildman–Crippen MR) is 78.0 cm³/mol. The standard InChI is InChI=1S/C15H18N2OS/c1-10-7-9-19-15(10)13(17-16)14-12-5-3-2-4-11(12)6-8-18-14/h2-5,7,9,13-14,17H,6,8,16H2,1H3. The maximum Gasteiger partial charge on any atom is 0.104 e. The van der Waals surface area contributed by atoms with Crippen molar-refractivity contribution in [1.82, 2.24) is 5.43 Å². The molecule has 2 atom stereocenters. The van der Waals surface area contributed by atoms with Crippen LogP contribution >= 0.6 is 11.3 Å². The first-order valence-electron chi connectivity index (χ1n) is 6.51. The summed E-state index contributed by atoms with van der Waals surface area (Å²) in [6, 6.07) is 10.6. The molecule has 0 spiro atoms. The van der Waals surface area contributed by atoms with Crippen molar-refractivity contribution >= 4 is 11.3 Å². The van der Waals surface area contributed by atoms with E-state index in [1.165, 1.54) is 21.6 Å². The van der Waals surface area contributed by atoms with E-state index in [4.69, 9.17) is 10.6 Å². The number of thiophene rings is 1. The predicted octanol–water partition coefficient (Wildman–Crippen LogP) is 2.87. The first-order chi connectivity index (χ1) is 9.31. The summed E-state index contributed by atoms with van der Waals surface area (Å²) in [7, 11) is 0. The largest absolute Gasteiger partial charge is 0.371 e. The molecule has 2 aromatic rings. The molecule has 3 nitrogen and oxygen atoms in total. The molecule has 2 heterocycles. The van der Waals surface area contributed by atoms with Crippen molar-refractivity contribution in [1.29, 1.82) is 0 Å². The van der Waals surface area contributed by atoms with Crippen molar-refractivity contribution in [3.05, 3.63) is 57.3 Å². The van der Waals surface area contributed by atoms with Gasteiger partial charge in [0.05, 0.1) is 12.6 Å². The van der Waals surface area contributed by atoms with Gasteiger partial charge in [0.2, 0.25) is 0 Å². The third-order valence-electron chi connectivity index (χ3n) is 3.70. The second kappa shape index (κ2) is 5.43. The summed E-state index contributed by atoms with van der Waals surface area (Å²) < 4.78 is 6.00. The number of ether oxygens (including phenoxy) is 1. The van der Waals surface area contributed by atoms with Crippen LogP contribution in [-0.4, -0.2) is 6.61 Å². The van der Waals surface area contributed by atoms with E-state index in [2.05, 4.69) is 48.1 Å². The van der Waals surface area contributed by atoms with Gasteiger partial charge in [-0.1, -0.05) is 24.3 Å². The Morgan fingerprint density at radius 3 is 2.95 bits per heavy atom. The number of fused-ring (bicyclic) bond motifs is 1. The second-order valence-corrected chi connectivity index (χ2v) is 5.80. The quantitative estimate of drug-likeness (QED) is 0.668. The van der Waals surface area contributed by atoms with Crippen molar-refractivity contribution in [2.24, 2.45) is 5.84 Å². The molecule has 3 rings (SSSR count). The van der Waals surface area contributed by atoms with Crippen molar-refractivity contribution < 1.29 is 4.74 Å². The van der Waals surface area contributed by atoms with E-state index in [0.29, 0.717) is 0 Å². The van der Waals surface area contributed by atoms with Crippen LogP contribution in [0.2, 0.25) is 0 Å². The van der Waals surface area contributed by atoms with Gasteiger partial charge >= 0.3 is 0 Å². The van der Waals surface area contributed by atoms with Crippen LogP contribution in [0.15, 0.2) is 35.7 Å². The SMILES string of the molecule is Cc1ccsc1C(NN)C1OCCc2ccccc21. The van der Waals surface area contributed by atoms with Crippen LogP contribution in [0.5, 0.6) is 0 Å². The van der Waals surface area contributed by atoms with Crippen LogP contribution in [-0.2, 0) is 11.2 Å². The molecular weight excluding hydrogens is 256 g/mol. The van der Waals surface area contributed by atoms with E-state index in [9.17, 15) is 0 Å². The first-order valence-corrected chi connectivity index (χ1v) is 7.38. The number of benzene rings is 1. The summed E-state index contributed by atoms with van der Waals surface area (Å²) in [5.41, 5.74) is 6.83.